The lowest BCUT2D eigenvalue weighted by molar-refractivity contribution is -0.151. The summed E-state index contributed by atoms with van der Waals surface area (Å²) >= 11 is 0. The molecule has 0 aromatic heterocycles. The second kappa shape index (κ2) is 13.5. The zero-order valence-corrected chi connectivity index (χ0v) is 29.3. The topological polar surface area (TPSA) is 138 Å². The van der Waals surface area contributed by atoms with Gasteiger partial charge in [-0.25, -0.2) is 14.0 Å². The molecule has 0 radical (unpaired) electrons. The number of amides is 3. The SMILES string of the molecule is CC(C)(C)OC(=O)N[C@H](CF)C1CCC(C(=O)N2CC[C@@H](N3CCCCC3)[C@H]2C(=O)NC2=CC(=O)C3C(=C2)C=C2C(=O)OC(C)(C)N23)CC1. The first-order valence-corrected chi connectivity index (χ1v) is 17.8. The molecule has 1 saturated carbocycles. The molecule has 12 nitrogen and oxygen atoms in total. The highest BCUT2D eigenvalue weighted by Crippen LogP contribution is 2.43. The zero-order chi connectivity index (χ0) is 35.2. The molecule has 4 atom stereocenters. The molecule has 0 bridgehead atoms. The van der Waals surface area contributed by atoms with Gasteiger partial charge in [-0.05, 0) is 116 Å². The number of nitrogens with zero attached hydrogens (tertiary/aromatic N) is 3. The van der Waals surface area contributed by atoms with E-state index in [0.29, 0.717) is 55.6 Å². The molecule has 0 aromatic carbocycles. The van der Waals surface area contributed by atoms with Gasteiger partial charge in [0.25, 0.3) is 0 Å². The molecule has 49 heavy (non-hydrogen) atoms. The Labute approximate surface area is 287 Å². The maximum absolute atomic E-state index is 14.2. The maximum atomic E-state index is 14.2. The van der Waals surface area contributed by atoms with Crippen LogP contribution in [0.5, 0.6) is 0 Å². The fourth-order valence-electron chi connectivity index (χ4n) is 8.55. The number of hydrogen-bond acceptors (Lipinski definition) is 9. The number of piperidine rings is 1. The molecule has 2 N–H and O–H groups in total. The van der Waals surface area contributed by atoms with Crippen LogP contribution < -0.4 is 10.6 Å². The van der Waals surface area contributed by atoms with E-state index in [2.05, 4.69) is 15.5 Å². The molecule has 6 rings (SSSR count). The van der Waals surface area contributed by atoms with Gasteiger partial charge in [-0.15, -0.1) is 0 Å². The molecule has 0 spiro atoms. The van der Waals surface area contributed by atoms with Crippen molar-refractivity contribution < 1.29 is 37.8 Å². The fraction of sp³-hybridized carbons (Fsp3) is 0.694. The molecule has 0 aromatic rings. The number of allylic oxidation sites excluding steroid dienone is 1. The summed E-state index contributed by atoms with van der Waals surface area (Å²) in [7, 11) is 0. The number of carbonyl (C=O) groups excluding carboxylic acids is 5. The molecule has 3 saturated heterocycles. The van der Waals surface area contributed by atoms with Crippen molar-refractivity contribution in [3.63, 3.8) is 0 Å². The lowest BCUT2D eigenvalue weighted by Crippen LogP contribution is -2.56. The molecule has 3 amide bonds. The molecular formula is C36H50FN5O7. The third-order valence-electron chi connectivity index (χ3n) is 10.8. The molecule has 4 aliphatic heterocycles. The molecule has 13 heteroatoms. The van der Waals surface area contributed by atoms with Crippen molar-refractivity contribution in [1.29, 1.82) is 0 Å². The number of halogens is 1. The first kappa shape index (κ1) is 35.1. The van der Waals surface area contributed by atoms with Crippen LogP contribution in [0.4, 0.5) is 9.18 Å². The summed E-state index contributed by atoms with van der Waals surface area (Å²) in [4.78, 5) is 72.3. The Hall–Kier alpha value is -3.74. The van der Waals surface area contributed by atoms with E-state index in [1.807, 2.05) is 0 Å². The average molecular weight is 684 g/mol. The van der Waals surface area contributed by atoms with Crippen molar-refractivity contribution in [3.05, 3.63) is 35.2 Å². The number of ketones is 1. The van der Waals surface area contributed by atoms with Gasteiger partial charge in [-0.1, -0.05) is 6.42 Å². The van der Waals surface area contributed by atoms with E-state index in [1.54, 1.807) is 56.6 Å². The Kier molecular flexibility index (Phi) is 9.69. The van der Waals surface area contributed by atoms with Crippen LogP contribution in [0.1, 0.15) is 86.0 Å². The first-order chi connectivity index (χ1) is 23.2. The van der Waals surface area contributed by atoms with Gasteiger partial charge in [0, 0.05) is 30.3 Å². The van der Waals surface area contributed by atoms with Crippen LogP contribution in [0.2, 0.25) is 0 Å². The van der Waals surface area contributed by atoms with Gasteiger partial charge in [0.15, 0.2) is 11.5 Å². The Morgan fingerprint density at radius 1 is 1.00 bits per heavy atom. The summed E-state index contributed by atoms with van der Waals surface area (Å²) in [5, 5.41) is 5.65. The van der Waals surface area contributed by atoms with Crippen LogP contribution in [0.15, 0.2) is 35.2 Å². The lowest BCUT2D eigenvalue weighted by Gasteiger charge is -2.39. The largest absolute Gasteiger partial charge is 0.444 e. The Morgan fingerprint density at radius 2 is 1.69 bits per heavy atom. The fourth-order valence-corrected chi connectivity index (χ4v) is 8.55. The van der Waals surface area contributed by atoms with E-state index in [1.165, 1.54) is 6.08 Å². The summed E-state index contributed by atoms with van der Waals surface area (Å²) in [5.41, 5.74) is -0.404. The van der Waals surface area contributed by atoms with E-state index in [0.717, 1.165) is 32.4 Å². The number of hydrogen-bond donors (Lipinski definition) is 2. The van der Waals surface area contributed by atoms with Gasteiger partial charge in [0.05, 0.1) is 6.04 Å². The average Bonchev–Trinajstić information content (AvgIpc) is 3.72. The Morgan fingerprint density at radius 3 is 2.35 bits per heavy atom. The molecule has 268 valence electrons. The monoisotopic (exact) mass is 683 g/mol. The number of nitrogens with one attached hydrogen (secondary N) is 2. The van der Waals surface area contributed by atoms with Crippen molar-refractivity contribution >= 4 is 29.7 Å². The summed E-state index contributed by atoms with van der Waals surface area (Å²) in [6.45, 7) is 10.2. The summed E-state index contributed by atoms with van der Waals surface area (Å²) in [6.07, 6.45) is 10.2. The number of ether oxygens (including phenoxy) is 2. The number of alkyl halides is 1. The minimum absolute atomic E-state index is 0.0796. The second-order valence-electron chi connectivity index (χ2n) is 15.7. The van der Waals surface area contributed by atoms with Gasteiger partial charge < -0.3 is 29.9 Å². The van der Waals surface area contributed by atoms with Crippen LogP contribution in [0, 0.1) is 11.8 Å². The predicted octanol–water partition coefficient (Wildman–Crippen LogP) is 3.48. The van der Waals surface area contributed by atoms with E-state index >= 15 is 0 Å². The highest BCUT2D eigenvalue weighted by molar-refractivity contribution is 6.05. The smallest absolute Gasteiger partial charge is 0.407 e. The Balaban J connectivity index is 1.15. The maximum Gasteiger partial charge on any atom is 0.407 e. The number of alkyl carbamates (subject to hydrolysis) is 1. The van der Waals surface area contributed by atoms with Crippen molar-refractivity contribution in [3.8, 4) is 0 Å². The molecule has 4 fully saturated rings. The normalized spacial score (nSPS) is 30.4. The number of esters is 1. The minimum atomic E-state index is -0.972. The van der Waals surface area contributed by atoms with Crippen molar-refractivity contribution in [2.45, 2.75) is 121 Å². The van der Waals surface area contributed by atoms with Gasteiger partial charge in [-0.3, -0.25) is 19.3 Å². The minimum Gasteiger partial charge on any atom is -0.444 e. The van der Waals surface area contributed by atoms with Crippen molar-refractivity contribution in [2.75, 3.05) is 26.3 Å². The molecule has 2 aliphatic carbocycles. The first-order valence-electron chi connectivity index (χ1n) is 17.8. The van der Waals surface area contributed by atoms with Crippen LogP contribution in [-0.4, -0.2) is 106 Å². The number of carbonyl (C=O) groups is 5. The lowest BCUT2D eigenvalue weighted by atomic mass is 9.78. The number of fused-ring (bicyclic) bond motifs is 3. The summed E-state index contributed by atoms with van der Waals surface area (Å²) in [6, 6.07) is -2.27. The molecular weight excluding hydrogens is 633 g/mol. The third kappa shape index (κ3) is 7.13. The summed E-state index contributed by atoms with van der Waals surface area (Å²) < 4.78 is 24.8. The molecule has 4 heterocycles. The van der Waals surface area contributed by atoms with Crippen LogP contribution in [-0.2, 0) is 28.7 Å². The van der Waals surface area contributed by atoms with Crippen molar-refractivity contribution in [1.82, 2.24) is 25.3 Å². The quantitative estimate of drug-likeness (QED) is 0.387. The Bertz CT molecular complexity index is 1470. The highest BCUT2D eigenvalue weighted by atomic mass is 19.1. The number of rotatable bonds is 7. The van der Waals surface area contributed by atoms with E-state index < -0.39 is 48.2 Å². The van der Waals surface area contributed by atoms with Gasteiger partial charge in [-0.2, -0.15) is 0 Å². The van der Waals surface area contributed by atoms with E-state index in [4.69, 9.17) is 9.47 Å². The zero-order valence-electron chi connectivity index (χ0n) is 29.3. The number of cyclic esters (lactones) is 1. The second-order valence-corrected chi connectivity index (χ2v) is 15.7. The number of likely N-dealkylation sites (tertiary alicyclic amines) is 2. The molecule has 1 unspecified atom stereocenters. The van der Waals surface area contributed by atoms with Crippen LogP contribution >= 0.6 is 0 Å². The van der Waals surface area contributed by atoms with Crippen molar-refractivity contribution in [2.24, 2.45) is 11.8 Å². The van der Waals surface area contributed by atoms with Crippen LogP contribution in [0.25, 0.3) is 0 Å². The predicted molar refractivity (Wildman–Crippen MR) is 177 cm³/mol. The summed E-state index contributed by atoms with van der Waals surface area (Å²) in [5.74, 6) is -1.60. The van der Waals surface area contributed by atoms with E-state index in [9.17, 15) is 28.4 Å². The highest BCUT2D eigenvalue weighted by Gasteiger charge is 2.53. The molecule has 6 aliphatic rings. The standard InChI is InChI=1S/C36H50FN5O7/c1-35(2,3)49-34(47)39-25(20-37)21-9-11-22(12-10-21)32(45)41-16-13-26(40-14-7-6-8-15-40)30(41)31(44)38-24-17-23-18-27-33(46)48-36(4,5)42(27)29(23)28(43)19-24/h17-19,21-22,25-26,29-30H,6-16,20H2,1-5H3,(H,38,44)(H,39,47)/t21?,22?,25-,26-,29?,30+/m1/s1. The van der Waals surface area contributed by atoms with Gasteiger partial charge in [0.2, 0.25) is 11.8 Å². The van der Waals surface area contributed by atoms with Gasteiger partial charge in [0.1, 0.15) is 30.1 Å². The third-order valence-corrected chi connectivity index (χ3v) is 10.8. The van der Waals surface area contributed by atoms with E-state index in [-0.39, 0.29) is 35.5 Å². The van der Waals surface area contributed by atoms with Crippen LogP contribution in [0.3, 0.4) is 0 Å². The van der Waals surface area contributed by atoms with Gasteiger partial charge >= 0.3 is 12.1 Å².